The van der Waals surface area contributed by atoms with Crippen molar-refractivity contribution in [3.05, 3.63) is 81.9 Å². The molecule has 316 valence electrons. The quantitative estimate of drug-likeness (QED) is 0.0812. The zero-order valence-electron chi connectivity index (χ0n) is 35.5. The van der Waals surface area contributed by atoms with E-state index in [1.807, 2.05) is 44.2 Å². The highest BCUT2D eigenvalue weighted by molar-refractivity contribution is 5.95. The van der Waals surface area contributed by atoms with Gasteiger partial charge in [-0.3, -0.25) is 19.2 Å². The topological polar surface area (TPSA) is 208 Å². The van der Waals surface area contributed by atoms with Crippen LogP contribution in [-0.4, -0.2) is 81.3 Å². The SMILES string of the molecule is C=CC1=Cc2cc3[nH]c(cc4nc(cc5[nH]c(cc1n2)c(C)c5CCC(=O)NCCNC(=O)CCC(C)=O)C(CCC(=O)NCCNC(=O)CCC(C)=O)=C4C)c(C)c3C. The molecule has 3 aromatic heterocycles. The molecule has 6 N–H and O–H groups in total. The number of allylic oxidation sites excluding steroid dienone is 4. The number of aryl methyl sites for hydroxylation is 4. The Labute approximate surface area is 350 Å². The molecule has 0 spiro atoms. The first-order valence-corrected chi connectivity index (χ1v) is 20.4. The van der Waals surface area contributed by atoms with Gasteiger partial charge in [-0.15, -0.1) is 0 Å². The third kappa shape index (κ3) is 11.8. The maximum Gasteiger partial charge on any atom is 0.220 e. The number of aromatic nitrogens is 4. The van der Waals surface area contributed by atoms with Crippen LogP contribution in [0.2, 0.25) is 0 Å². The lowest BCUT2D eigenvalue weighted by atomic mass is 10.00. The van der Waals surface area contributed by atoms with Crippen molar-refractivity contribution >= 4 is 80.1 Å². The molecule has 0 atom stereocenters. The van der Waals surface area contributed by atoms with Crippen molar-refractivity contribution in [2.45, 2.75) is 92.9 Å². The minimum atomic E-state index is -0.236. The Morgan fingerprint density at radius 3 is 1.58 bits per heavy atom. The summed E-state index contributed by atoms with van der Waals surface area (Å²) >= 11 is 0. The Hall–Kier alpha value is -6.44. The summed E-state index contributed by atoms with van der Waals surface area (Å²) in [6.07, 6.45) is 5.57. The molecule has 5 heterocycles. The minimum Gasteiger partial charge on any atom is -0.355 e. The van der Waals surface area contributed by atoms with Gasteiger partial charge in [0.2, 0.25) is 23.6 Å². The van der Waals surface area contributed by atoms with E-state index in [0.717, 1.165) is 78.1 Å². The van der Waals surface area contributed by atoms with Crippen LogP contribution in [0, 0.1) is 20.8 Å². The number of amides is 4. The zero-order chi connectivity index (χ0) is 43.5. The molecule has 0 unspecified atom stereocenters. The van der Waals surface area contributed by atoms with Crippen LogP contribution in [0.1, 0.15) is 111 Å². The normalized spacial score (nSPS) is 12.1. The number of Topliss-reactive ketones (excluding diaryl/α,β-unsaturated/α-hetero) is 2. The largest absolute Gasteiger partial charge is 0.355 e. The predicted octanol–water partition coefficient (Wildman–Crippen LogP) is 5.81. The van der Waals surface area contributed by atoms with E-state index in [0.29, 0.717) is 18.5 Å². The summed E-state index contributed by atoms with van der Waals surface area (Å²) < 4.78 is 0. The maximum atomic E-state index is 13.1. The third-order valence-corrected chi connectivity index (χ3v) is 10.8. The second-order valence-corrected chi connectivity index (χ2v) is 15.4. The molecule has 0 fully saturated rings. The molecule has 14 nitrogen and oxygen atoms in total. The Balaban J connectivity index is 1.47. The van der Waals surface area contributed by atoms with Gasteiger partial charge < -0.3 is 40.8 Å². The fraction of sp³-hybridized carbons (Fsp3) is 0.391. The number of carbonyl (C=O) groups excluding carboxylic acids is 6. The van der Waals surface area contributed by atoms with Gasteiger partial charge in [-0.2, -0.15) is 0 Å². The molecule has 0 aliphatic carbocycles. The number of nitrogens with one attached hydrogen (secondary N) is 6. The molecule has 4 amide bonds. The van der Waals surface area contributed by atoms with E-state index < -0.39 is 0 Å². The molecule has 2 aliphatic rings. The van der Waals surface area contributed by atoms with Gasteiger partial charge >= 0.3 is 0 Å². The van der Waals surface area contributed by atoms with Crippen molar-refractivity contribution in [1.82, 2.24) is 41.2 Å². The van der Waals surface area contributed by atoms with Gasteiger partial charge in [0, 0.05) is 92.3 Å². The lowest BCUT2D eigenvalue weighted by Gasteiger charge is -2.08. The molecule has 14 heteroatoms. The third-order valence-electron chi connectivity index (χ3n) is 10.8. The maximum absolute atomic E-state index is 13.1. The summed E-state index contributed by atoms with van der Waals surface area (Å²) in [6, 6.07) is 8.03. The Morgan fingerprint density at radius 1 is 0.567 bits per heavy atom. The number of nitrogens with zero attached hydrogens (tertiary/aromatic N) is 2. The van der Waals surface area contributed by atoms with Gasteiger partial charge in [0.25, 0.3) is 0 Å². The first-order chi connectivity index (χ1) is 28.6. The smallest absolute Gasteiger partial charge is 0.220 e. The molecule has 0 saturated carbocycles. The number of carbonyl (C=O) groups is 6. The van der Waals surface area contributed by atoms with Crippen LogP contribution < -0.4 is 21.3 Å². The van der Waals surface area contributed by atoms with E-state index >= 15 is 0 Å². The van der Waals surface area contributed by atoms with Crippen LogP contribution in [0.3, 0.4) is 0 Å². The Kier molecular flexibility index (Phi) is 15.3. The molecule has 3 aromatic rings. The number of fused-ring (bicyclic) bond motifs is 8. The molecular formula is C46H56N8O6. The highest BCUT2D eigenvalue weighted by Crippen LogP contribution is 2.35. The number of hydrogen-bond donors (Lipinski definition) is 6. The fourth-order valence-corrected chi connectivity index (χ4v) is 7.09. The van der Waals surface area contributed by atoms with E-state index in [1.165, 1.54) is 13.8 Å². The molecule has 2 aliphatic heterocycles. The van der Waals surface area contributed by atoms with Crippen molar-refractivity contribution in [3.8, 4) is 0 Å². The number of aromatic amines is 2. The van der Waals surface area contributed by atoms with Crippen LogP contribution in [0.5, 0.6) is 0 Å². The summed E-state index contributed by atoms with van der Waals surface area (Å²) in [5, 5.41) is 11.2. The summed E-state index contributed by atoms with van der Waals surface area (Å²) in [5.74, 6) is -0.922. The minimum absolute atomic E-state index is 0.0525. The first-order valence-electron chi connectivity index (χ1n) is 20.4. The molecule has 0 saturated heterocycles. The first kappa shape index (κ1) is 44.7. The van der Waals surface area contributed by atoms with Crippen LogP contribution >= 0.6 is 0 Å². The van der Waals surface area contributed by atoms with E-state index in [1.54, 1.807) is 6.08 Å². The van der Waals surface area contributed by atoms with Crippen LogP contribution in [-0.2, 0) is 35.2 Å². The molecule has 0 radical (unpaired) electrons. The summed E-state index contributed by atoms with van der Waals surface area (Å²) in [6.45, 7) is 16.1. The average molecular weight is 817 g/mol. The second-order valence-electron chi connectivity index (χ2n) is 15.4. The van der Waals surface area contributed by atoms with Gasteiger partial charge in [-0.1, -0.05) is 12.7 Å². The van der Waals surface area contributed by atoms with Gasteiger partial charge in [-0.25, -0.2) is 9.97 Å². The van der Waals surface area contributed by atoms with E-state index in [4.69, 9.17) is 9.97 Å². The monoisotopic (exact) mass is 816 g/mol. The van der Waals surface area contributed by atoms with E-state index in [9.17, 15) is 28.8 Å². The zero-order valence-corrected chi connectivity index (χ0v) is 35.5. The van der Waals surface area contributed by atoms with E-state index in [-0.39, 0.29) is 99.9 Å². The van der Waals surface area contributed by atoms with Crippen molar-refractivity contribution in [3.63, 3.8) is 0 Å². The highest BCUT2D eigenvalue weighted by atomic mass is 16.2. The van der Waals surface area contributed by atoms with Crippen molar-refractivity contribution < 1.29 is 28.8 Å². The van der Waals surface area contributed by atoms with Gasteiger partial charge in [-0.05, 0) is 118 Å². The van der Waals surface area contributed by atoms with E-state index in [2.05, 4.69) is 51.7 Å². The van der Waals surface area contributed by atoms with Crippen LogP contribution in [0.25, 0.3) is 44.9 Å². The molecular weight excluding hydrogens is 761 g/mol. The predicted molar refractivity (Wildman–Crippen MR) is 235 cm³/mol. The average Bonchev–Trinajstić information content (AvgIpc) is 3.90. The lowest BCUT2D eigenvalue weighted by Crippen LogP contribution is -2.34. The van der Waals surface area contributed by atoms with Crippen molar-refractivity contribution in [2.24, 2.45) is 0 Å². The lowest BCUT2D eigenvalue weighted by molar-refractivity contribution is -0.124. The molecule has 8 bridgehead atoms. The summed E-state index contributed by atoms with van der Waals surface area (Å²) in [4.78, 5) is 89.8. The second kappa shape index (κ2) is 20.5. The van der Waals surface area contributed by atoms with Crippen molar-refractivity contribution in [1.29, 1.82) is 0 Å². The Morgan fingerprint density at radius 2 is 1.03 bits per heavy atom. The van der Waals surface area contributed by atoms with Gasteiger partial charge in [0.05, 0.1) is 22.8 Å². The number of hydrogen-bond acceptors (Lipinski definition) is 8. The molecule has 5 rings (SSSR count). The number of H-pyrrole nitrogens is 2. The van der Waals surface area contributed by atoms with Gasteiger partial charge in [0.15, 0.2) is 0 Å². The number of ketones is 2. The molecule has 60 heavy (non-hydrogen) atoms. The highest BCUT2D eigenvalue weighted by Gasteiger charge is 2.20. The summed E-state index contributed by atoms with van der Waals surface area (Å²) in [7, 11) is 0. The van der Waals surface area contributed by atoms with Gasteiger partial charge in [0.1, 0.15) is 11.6 Å². The molecule has 0 aromatic carbocycles. The van der Waals surface area contributed by atoms with Crippen LogP contribution in [0.4, 0.5) is 0 Å². The van der Waals surface area contributed by atoms with Crippen molar-refractivity contribution in [2.75, 3.05) is 26.2 Å². The van der Waals surface area contributed by atoms with Crippen LogP contribution in [0.15, 0.2) is 36.9 Å². The summed E-state index contributed by atoms with van der Waals surface area (Å²) in [5.41, 5.74) is 13.2. The fourth-order valence-electron chi connectivity index (χ4n) is 7.09. The standard InChI is InChI=1S/C46H56N8O6/c1-8-32-21-33-22-36-28(4)29(5)37(52-36)23-38-30(6)34(11-15-45(59)49-19-17-47-43(57)13-9-26(2)55)41(53-38)25-42-35(31(7)39(54-42)24-40(32)51-33)12-16-46(60)50-20-18-48-44(58)14-10-27(3)56/h8,21-25,52,54H,1,9-20H2,2-7H3,(H,47,57)(H,48,58)(H,49,59)(H,50,60). The number of rotatable bonds is 19. The Bertz CT molecular complexity index is 2450.